The molecule has 0 spiro atoms. The number of rotatable bonds is 4. The average Bonchev–Trinajstić information content (AvgIpc) is 2.74. The van der Waals surface area contributed by atoms with Gasteiger partial charge in [0.05, 0.1) is 23.6 Å². The number of nitrogen functional groups attached to an aromatic ring is 1. The van der Waals surface area contributed by atoms with Crippen LogP contribution >= 0.6 is 0 Å². The van der Waals surface area contributed by atoms with E-state index in [1.807, 2.05) is 84.9 Å². The molecule has 0 aliphatic heterocycles. The summed E-state index contributed by atoms with van der Waals surface area (Å²) >= 11 is 0. The van der Waals surface area contributed by atoms with Gasteiger partial charge in [-0.05, 0) is 47.2 Å². The summed E-state index contributed by atoms with van der Waals surface area (Å²) in [5.74, 6) is -0.0414. The average molecular weight is 384 g/mol. The molecule has 1 aromatic heterocycles. The molecule has 3 aromatic carbocycles. The summed E-state index contributed by atoms with van der Waals surface area (Å²) in [5, 5.41) is 8.32. The zero-order chi connectivity index (χ0) is 20.5. The Morgan fingerprint density at radius 3 is 2.34 bits per heavy atom. The van der Waals surface area contributed by atoms with Crippen molar-refractivity contribution in [2.45, 2.75) is 13.5 Å². The summed E-state index contributed by atoms with van der Waals surface area (Å²) in [7, 11) is 0. The first kappa shape index (κ1) is 19.9. The van der Waals surface area contributed by atoms with Crippen LogP contribution in [0.3, 0.4) is 0 Å². The van der Waals surface area contributed by atoms with E-state index in [-0.39, 0.29) is 5.91 Å². The monoisotopic (exact) mass is 384 g/mol. The molecule has 0 saturated carbocycles. The van der Waals surface area contributed by atoms with Crippen molar-refractivity contribution >= 4 is 33.7 Å². The Kier molecular flexibility index (Phi) is 6.79. The topological polar surface area (TPSA) is 80.0 Å². The number of carbonyl (C=O) groups is 1. The van der Waals surface area contributed by atoms with E-state index in [1.54, 1.807) is 6.20 Å². The van der Waals surface area contributed by atoms with Gasteiger partial charge in [-0.1, -0.05) is 48.5 Å². The number of pyridine rings is 1. The summed E-state index contributed by atoms with van der Waals surface area (Å²) in [6.45, 7) is 2.20. The molecule has 0 unspecified atom stereocenters. The van der Waals surface area contributed by atoms with Crippen LogP contribution in [0.4, 0.5) is 17.1 Å². The summed E-state index contributed by atoms with van der Waals surface area (Å²) < 4.78 is 0. The summed E-state index contributed by atoms with van der Waals surface area (Å²) in [6.07, 6.45) is 1.78. The number of benzene rings is 3. The second-order valence-electron chi connectivity index (χ2n) is 6.50. The molecule has 5 nitrogen and oxygen atoms in total. The van der Waals surface area contributed by atoms with Crippen LogP contribution in [-0.2, 0) is 11.3 Å². The van der Waals surface area contributed by atoms with Crippen molar-refractivity contribution in [2.75, 3.05) is 16.4 Å². The highest BCUT2D eigenvalue weighted by Crippen LogP contribution is 2.19. The number of hydrogen-bond donors (Lipinski definition) is 3. The third-order valence-corrected chi connectivity index (χ3v) is 4.22. The van der Waals surface area contributed by atoms with Gasteiger partial charge in [0.2, 0.25) is 5.91 Å². The lowest BCUT2D eigenvalue weighted by molar-refractivity contribution is -0.114. The van der Waals surface area contributed by atoms with Crippen LogP contribution in [0.5, 0.6) is 0 Å². The van der Waals surface area contributed by atoms with Crippen LogP contribution in [0, 0.1) is 0 Å². The van der Waals surface area contributed by atoms with Crippen molar-refractivity contribution < 1.29 is 4.79 Å². The van der Waals surface area contributed by atoms with Gasteiger partial charge in [-0.25, -0.2) is 0 Å². The standard InChI is InChI=1S/C12H13N3.C12H11NO/c13-11-6-1-2-7-12(11)15-9-10-5-3-4-8-14-10;1-9(14)13-12-7-6-10-4-2-3-5-11(10)8-12/h1-8,15H,9,13H2;2-8H,1H3,(H,13,14). The molecule has 0 atom stereocenters. The van der Waals surface area contributed by atoms with E-state index in [2.05, 4.69) is 15.6 Å². The summed E-state index contributed by atoms with van der Waals surface area (Å²) in [6, 6.07) is 27.5. The molecule has 0 saturated heterocycles. The third kappa shape index (κ3) is 6.07. The smallest absolute Gasteiger partial charge is 0.221 e. The molecule has 4 aromatic rings. The molecule has 4 rings (SSSR count). The van der Waals surface area contributed by atoms with Gasteiger partial charge in [0, 0.05) is 18.8 Å². The highest BCUT2D eigenvalue weighted by Gasteiger charge is 1.98. The maximum absolute atomic E-state index is 10.8. The van der Waals surface area contributed by atoms with E-state index in [9.17, 15) is 4.79 Å². The highest BCUT2D eigenvalue weighted by atomic mass is 16.1. The van der Waals surface area contributed by atoms with Crippen molar-refractivity contribution in [1.29, 1.82) is 0 Å². The first-order valence-corrected chi connectivity index (χ1v) is 9.36. The molecular weight excluding hydrogens is 360 g/mol. The zero-order valence-corrected chi connectivity index (χ0v) is 16.3. The number of fused-ring (bicyclic) bond motifs is 1. The molecule has 29 heavy (non-hydrogen) atoms. The van der Waals surface area contributed by atoms with Crippen molar-refractivity contribution in [3.05, 3.63) is 96.8 Å². The third-order valence-electron chi connectivity index (χ3n) is 4.22. The van der Waals surface area contributed by atoms with Gasteiger partial charge in [-0.3, -0.25) is 9.78 Å². The molecule has 4 N–H and O–H groups in total. The molecule has 1 amide bonds. The van der Waals surface area contributed by atoms with Gasteiger partial charge >= 0.3 is 0 Å². The molecule has 1 heterocycles. The largest absolute Gasteiger partial charge is 0.397 e. The Bertz CT molecular complexity index is 1080. The Labute approximate surface area is 170 Å². The number of nitrogens with zero attached hydrogens (tertiary/aromatic N) is 1. The SMILES string of the molecule is CC(=O)Nc1ccc2ccccc2c1.Nc1ccccc1NCc1ccccn1. The van der Waals surface area contributed by atoms with E-state index < -0.39 is 0 Å². The van der Waals surface area contributed by atoms with Crippen molar-refractivity contribution in [1.82, 2.24) is 4.98 Å². The molecule has 0 aliphatic carbocycles. The Morgan fingerprint density at radius 2 is 1.62 bits per heavy atom. The minimum absolute atomic E-state index is 0.0414. The predicted molar refractivity (Wildman–Crippen MR) is 121 cm³/mol. The van der Waals surface area contributed by atoms with Crippen LogP contribution in [-0.4, -0.2) is 10.9 Å². The maximum atomic E-state index is 10.8. The van der Waals surface area contributed by atoms with Crippen LogP contribution < -0.4 is 16.4 Å². The quantitative estimate of drug-likeness (QED) is 0.429. The van der Waals surface area contributed by atoms with E-state index >= 15 is 0 Å². The van der Waals surface area contributed by atoms with Gasteiger partial charge in [0.15, 0.2) is 0 Å². The molecule has 0 bridgehead atoms. The van der Waals surface area contributed by atoms with Crippen LogP contribution in [0.25, 0.3) is 10.8 Å². The lowest BCUT2D eigenvalue weighted by Gasteiger charge is -2.07. The molecule has 0 fully saturated rings. The lowest BCUT2D eigenvalue weighted by atomic mass is 10.1. The van der Waals surface area contributed by atoms with E-state index in [4.69, 9.17) is 5.73 Å². The minimum Gasteiger partial charge on any atom is -0.397 e. The number of carbonyl (C=O) groups excluding carboxylic acids is 1. The molecular formula is C24H24N4O. The van der Waals surface area contributed by atoms with Crippen molar-refractivity contribution in [3.63, 3.8) is 0 Å². The van der Waals surface area contributed by atoms with Gasteiger partial charge in [0.1, 0.15) is 0 Å². The normalized spacial score (nSPS) is 9.97. The van der Waals surface area contributed by atoms with Gasteiger partial charge in [0.25, 0.3) is 0 Å². The lowest BCUT2D eigenvalue weighted by Crippen LogP contribution is -2.05. The molecule has 0 radical (unpaired) electrons. The highest BCUT2D eigenvalue weighted by molar-refractivity contribution is 5.93. The summed E-state index contributed by atoms with van der Waals surface area (Å²) in [5.41, 5.74) is 9.35. The number of aromatic nitrogens is 1. The summed E-state index contributed by atoms with van der Waals surface area (Å²) in [4.78, 5) is 15.1. The Balaban J connectivity index is 0.000000166. The second-order valence-corrected chi connectivity index (χ2v) is 6.50. The van der Waals surface area contributed by atoms with Gasteiger partial charge in [-0.2, -0.15) is 0 Å². The molecule has 0 aliphatic rings. The maximum Gasteiger partial charge on any atom is 0.221 e. The van der Waals surface area contributed by atoms with Crippen molar-refractivity contribution in [2.24, 2.45) is 0 Å². The first-order valence-electron chi connectivity index (χ1n) is 9.36. The van der Waals surface area contributed by atoms with Gasteiger partial charge < -0.3 is 16.4 Å². The van der Waals surface area contributed by atoms with Gasteiger partial charge in [-0.15, -0.1) is 0 Å². The Morgan fingerprint density at radius 1 is 0.897 bits per heavy atom. The van der Waals surface area contributed by atoms with Crippen molar-refractivity contribution in [3.8, 4) is 0 Å². The fourth-order valence-electron chi connectivity index (χ4n) is 2.82. The van der Waals surface area contributed by atoms with E-state index in [0.717, 1.165) is 28.1 Å². The minimum atomic E-state index is -0.0414. The Hall–Kier alpha value is -3.86. The van der Waals surface area contributed by atoms with Crippen LogP contribution in [0.2, 0.25) is 0 Å². The van der Waals surface area contributed by atoms with Crippen LogP contribution in [0.1, 0.15) is 12.6 Å². The number of anilines is 3. The van der Waals surface area contributed by atoms with E-state index in [0.29, 0.717) is 6.54 Å². The second kappa shape index (κ2) is 9.90. The fraction of sp³-hybridized carbons (Fsp3) is 0.0833. The molecule has 5 heteroatoms. The first-order chi connectivity index (χ1) is 14.1. The van der Waals surface area contributed by atoms with Crippen LogP contribution in [0.15, 0.2) is 91.1 Å². The van der Waals surface area contributed by atoms with E-state index in [1.165, 1.54) is 12.3 Å². The fourth-order valence-corrected chi connectivity index (χ4v) is 2.82. The zero-order valence-electron chi connectivity index (χ0n) is 16.3. The number of para-hydroxylation sites is 2. The number of nitrogens with two attached hydrogens (primary N) is 1. The number of hydrogen-bond acceptors (Lipinski definition) is 4. The number of nitrogens with one attached hydrogen (secondary N) is 2. The number of amides is 1. The molecule has 146 valence electrons. The predicted octanol–water partition coefficient (Wildman–Crippen LogP) is 5.07.